The Hall–Kier alpha value is -2.11. The second-order valence-corrected chi connectivity index (χ2v) is 6.42. The number of halogens is 1. The summed E-state index contributed by atoms with van der Waals surface area (Å²) >= 11 is 0. The summed E-state index contributed by atoms with van der Waals surface area (Å²) in [5.74, 6) is 0.175. The van der Waals surface area contributed by atoms with Gasteiger partial charge in [-0.1, -0.05) is 38.1 Å². The first-order chi connectivity index (χ1) is 11.3. The summed E-state index contributed by atoms with van der Waals surface area (Å²) in [6.45, 7) is 6.10. The van der Waals surface area contributed by atoms with Gasteiger partial charge in [-0.15, -0.1) is 12.4 Å². The molecule has 0 saturated heterocycles. The number of carbonyl (C=O) groups excluding carboxylic acids is 2. The number of Topliss-reactive ketones (excluding diaryl/α,β-unsaturated/α-hetero) is 1. The SMILES string of the molecule is CC(=O)c1cc(C(=O)NCC(N)c2ccc(C(C)C)cc2)n(C)c1.Cl. The van der Waals surface area contributed by atoms with Crippen LogP contribution in [0.4, 0.5) is 0 Å². The molecular weight excluding hydrogens is 338 g/mol. The minimum atomic E-state index is -0.275. The highest BCUT2D eigenvalue weighted by atomic mass is 35.5. The molecule has 0 aliphatic rings. The first-order valence-electron chi connectivity index (χ1n) is 8.10. The quantitative estimate of drug-likeness (QED) is 0.773. The number of carbonyl (C=O) groups is 2. The second-order valence-electron chi connectivity index (χ2n) is 6.42. The molecule has 0 saturated carbocycles. The molecule has 25 heavy (non-hydrogen) atoms. The van der Waals surface area contributed by atoms with Gasteiger partial charge in [-0.3, -0.25) is 9.59 Å². The van der Waals surface area contributed by atoms with E-state index in [9.17, 15) is 9.59 Å². The van der Waals surface area contributed by atoms with Crippen LogP contribution in [-0.2, 0) is 7.05 Å². The lowest BCUT2D eigenvalue weighted by molar-refractivity contribution is 0.0942. The van der Waals surface area contributed by atoms with Crippen LogP contribution in [0.5, 0.6) is 0 Å². The predicted octanol–water partition coefficient (Wildman–Crippen LogP) is 3.20. The number of rotatable bonds is 6. The molecule has 136 valence electrons. The number of nitrogens with two attached hydrogens (primary N) is 1. The number of nitrogens with one attached hydrogen (secondary N) is 1. The Kier molecular flexibility index (Phi) is 7.39. The van der Waals surface area contributed by atoms with Crippen LogP contribution in [0.15, 0.2) is 36.5 Å². The third-order valence-electron chi connectivity index (χ3n) is 4.16. The molecule has 0 bridgehead atoms. The van der Waals surface area contributed by atoms with E-state index in [-0.39, 0.29) is 30.1 Å². The number of ketones is 1. The largest absolute Gasteiger partial charge is 0.349 e. The molecule has 1 heterocycles. The molecule has 2 aromatic rings. The zero-order chi connectivity index (χ0) is 17.9. The van der Waals surface area contributed by atoms with E-state index in [0.717, 1.165) is 5.56 Å². The van der Waals surface area contributed by atoms with Gasteiger partial charge in [0.1, 0.15) is 5.69 Å². The minimum absolute atomic E-state index is 0. The summed E-state index contributed by atoms with van der Waals surface area (Å²) in [5.41, 5.74) is 9.38. The first-order valence-corrected chi connectivity index (χ1v) is 8.10. The molecule has 1 aromatic carbocycles. The van der Waals surface area contributed by atoms with Crippen molar-refractivity contribution in [3.8, 4) is 0 Å². The van der Waals surface area contributed by atoms with E-state index >= 15 is 0 Å². The van der Waals surface area contributed by atoms with E-state index in [4.69, 9.17) is 5.73 Å². The fourth-order valence-electron chi connectivity index (χ4n) is 2.52. The molecule has 0 aliphatic carbocycles. The van der Waals surface area contributed by atoms with Gasteiger partial charge in [0.25, 0.3) is 5.91 Å². The van der Waals surface area contributed by atoms with Gasteiger partial charge in [0, 0.05) is 31.4 Å². The van der Waals surface area contributed by atoms with E-state index in [1.54, 1.807) is 23.9 Å². The summed E-state index contributed by atoms with van der Waals surface area (Å²) < 4.78 is 1.65. The van der Waals surface area contributed by atoms with Crippen LogP contribution >= 0.6 is 12.4 Å². The van der Waals surface area contributed by atoms with Crippen molar-refractivity contribution in [2.45, 2.75) is 32.7 Å². The molecular formula is C19H26ClN3O2. The molecule has 3 N–H and O–H groups in total. The van der Waals surface area contributed by atoms with E-state index in [1.165, 1.54) is 12.5 Å². The molecule has 1 aromatic heterocycles. The predicted molar refractivity (Wildman–Crippen MR) is 102 cm³/mol. The molecule has 0 fully saturated rings. The smallest absolute Gasteiger partial charge is 0.267 e. The fourth-order valence-corrected chi connectivity index (χ4v) is 2.52. The van der Waals surface area contributed by atoms with E-state index in [1.807, 2.05) is 12.1 Å². The molecule has 1 atom stereocenters. The molecule has 5 nitrogen and oxygen atoms in total. The zero-order valence-corrected chi connectivity index (χ0v) is 15.9. The van der Waals surface area contributed by atoms with Crippen molar-refractivity contribution in [2.75, 3.05) is 6.54 Å². The normalized spacial score (nSPS) is 11.8. The van der Waals surface area contributed by atoms with Gasteiger partial charge in [-0.2, -0.15) is 0 Å². The Bertz CT molecular complexity index is 736. The van der Waals surface area contributed by atoms with Crippen molar-refractivity contribution in [1.82, 2.24) is 9.88 Å². The van der Waals surface area contributed by atoms with Gasteiger partial charge >= 0.3 is 0 Å². The van der Waals surface area contributed by atoms with E-state index in [0.29, 0.717) is 23.7 Å². The van der Waals surface area contributed by atoms with Crippen LogP contribution in [0.2, 0.25) is 0 Å². The maximum Gasteiger partial charge on any atom is 0.267 e. The standard InChI is InChI=1S/C19H25N3O2.ClH/c1-12(2)14-5-7-15(8-6-14)17(20)10-21-19(24)18-9-16(13(3)23)11-22(18)4;/h5-9,11-12,17H,10,20H2,1-4H3,(H,21,24);1H. The molecule has 6 heteroatoms. The van der Waals surface area contributed by atoms with Crippen LogP contribution in [-0.4, -0.2) is 22.8 Å². The topological polar surface area (TPSA) is 77.1 Å². The third kappa shape index (κ3) is 5.18. The molecule has 1 unspecified atom stereocenters. The molecule has 0 radical (unpaired) electrons. The van der Waals surface area contributed by atoms with Gasteiger partial charge in [-0.05, 0) is 30.0 Å². The number of hydrogen-bond donors (Lipinski definition) is 2. The summed E-state index contributed by atoms with van der Waals surface area (Å²) in [7, 11) is 1.74. The average molecular weight is 364 g/mol. The van der Waals surface area contributed by atoms with Crippen molar-refractivity contribution in [1.29, 1.82) is 0 Å². The van der Waals surface area contributed by atoms with Gasteiger partial charge in [-0.25, -0.2) is 0 Å². The zero-order valence-electron chi connectivity index (χ0n) is 15.1. The highest BCUT2D eigenvalue weighted by Crippen LogP contribution is 2.17. The average Bonchev–Trinajstić information content (AvgIpc) is 2.94. The minimum Gasteiger partial charge on any atom is -0.349 e. The van der Waals surface area contributed by atoms with Crippen LogP contribution in [0.25, 0.3) is 0 Å². The van der Waals surface area contributed by atoms with Gasteiger partial charge in [0.05, 0.1) is 0 Å². The van der Waals surface area contributed by atoms with Gasteiger partial charge in [0.2, 0.25) is 0 Å². The third-order valence-corrected chi connectivity index (χ3v) is 4.16. The number of aryl methyl sites for hydroxylation is 1. The summed E-state index contributed by atoms with van der Waals surface area (Å²) in [6.07, 6.45) is 1.65. The van der Waals surface area contributed by atoms with Crippen molar-refractivity contribution in [2.24, 2.45) is 12.8 Å². The maximum atomic E-state index is 12.3. The maximum absolute atomic E-state index is 12.3. The van der Waals surface area contributed by atoms with Crippen molar-refractivity contribution in [3.63, 3.8) is 0 Å². The second kappa shape index (κ2) is 8.83. The lowest BCUT2D eigenvalue weighted by Crippen LogP contribution is -2.32. The number of amides is 1. The number of hydrogen-bond acceptors (Lipinski definition) is 3. The first kappa shape index (κ1) is 20.9. The van der Waals surface area contributed by atoms with Gasteiger partial charge < -0.3 is 15.6 Å². The van der Waals surface area contributed by atoms with Crippen LogP contribution in [0.1, 0.15) is 64.7 Å². The Morgan fingerprint density at radius 2 is 1.72 bits per heavy atom. The summed E-state index contributed by atoms with van der Waals surface area (Å²) in [4.78, 5) is 23.7. The fraction of sp³-hybridized carbons (Fsp3) is 0.368. The monoisotopic (exact) mass is 363 g/mol. The molecule has 0 aliphatic heterocycles. The van der Waals surface area contributed by atoms with Gasteiger partial charge in [0.15, 0.2) is 5.78 Å². The Morgan fingerprint density at radius 1 is 1.16 bits per heavy atom. The molecule has 2 rings (SSSR count). The lowest BCUT2D eigenvalue weighted by atomic mass is 9.99. The van der Waals surface area contributed by atoms with Crippen molar-refractivity contribution in [3.05, 3.63) is 58.9 Å². The highest BCUT2D eigenvalue weighted by molar-refractivity contribution is 5.99. The van der Waals surface area contributed by atoms with E-state index < -0.39 is 0 Å². The molecule has 0 spiro atoms. The number of benzene rings is 1. The van der Waals surface area contributed by atoms with Crippen molar-refractivity contribution >= 4 is 24.1 Å². The highest BCUT2D eigenvalue weighted by Gasteiger charge is 2.15. The summed E-state index contributed by atoms with van der Waals surface area (Å²) in [5, 5.41) is 2.83. The number of nitrogens with zero attached hydrogens (tertiary/aromatic N) is 1. The lowest BCUT2D eigenvalue weighted by Gasteiger charge is -2.15. The van der Waals surface area contributed by atoms with E-state index in [2.05, 4.69) is 31.3 Å². The van der Waals surface area contributed by atoms with Crippen molar-refractivity contribution < 1.29 is 9.59 Å². The van der Waals surface area contributed by atoms with Crippen LogP contribution in [0.3, 0.4) is 0 Å². The van der Waals surface area contributed by atoms with Crippen LogP contribution in [0, 0.1) is 0 Å². The summed E-state index contributed by atoms with van der Waals surface area (Å²) in [6, 6.07) is 9.46. The Labute approximate surface area is 155 Å². The number of aromatic nitrogens is 1. The Morgan fingerprint density at radius 3 is 2.20 bits per heavy atom. The van der Waals surface area contributed by atoms with Crippen LogP contribution < -0.4 is 11.1 Å². The Balaban J connectivity index is 0.00000312. The molecule has 1 amide bonds.